The van der Waals surface area contributed by atoms with E-state index in [4.69, 9.17) is 15.9 Å². The van der Waals surface area contributed by atoms with Crippen molar-refractivity contribution in [3.63, 3.8) is 0 Å². The van der Waals surface area contributed by atoms with Gasteiger partial charge in [-0.05, 0) is 0 Å². The van der Waals surface area contributed by atoms with E-state index < -0.39 is 36.4 Å². The number of rotatable bonds is 7. The van der Waals surface area contributed by atoms with Crippen LogP contribution >= 0.6 is 0 Å². The quantitative estimate of drug-likeness (QED) is 0.312. The van der Waals surface area contributed by atoms with Crippen LogP contribution in [0.5, 0.6) is 0 Å². The van der Waals surface area contributed by atoms with Crippen molar-refractivity contribution in [2.75, 3.05) is 13.2 Å². The molecule has 0 aliphatic rings. The number of carbonyl (C=O) groups is 3. The van der Waals surface area contributed by atoms with Gasteiger partial charge < -0.3 is 25.8 Å². The Kier molecular flexibility index (Phi) is 8.90. The smallest absolute Gasteiger partial charge is 0.336 e. The van der Waals surface area contributed by atoms with Gasteiger partial charge in [-0.15, -0.1) is 0 Å². The van der Waals surface area contributed by atoms with E-state index >= 15 is 0 Å². The summed E-state index contributed by atoms with van der Waals surface area (Å²) in [5.41, 5.74) is 2.38. The number of ether oxygens (including phenoxy) is 1. The molecule has 8 nitrogen and oxygen atoms in total. The van der Waals surface area contributed by atoms with Crippen molar-refractivity contribution in [2.24, 2.45) is 5.73 Å². The predicted molar refractivity (Wildman–Crippen MR) is 49.5 cm³/mol. The van der Waals surface area contributed by atoms with Gasteiger partial charge in [0.25, 0.3) is 0 Å². The van der Waals surface area contributed by atoms with E-state index in [2.05, 4.69) is 4.74 Å². The monoisotopic (exact) mass is 342 g/mol. The van der Waals surface area contributed by atoms with Crippen LogP contribution in [-0.2, 0) is 41.5 Å². The Morgan fingerprint density at radius 2 is 1.71 bits per heavy atom. The van der Waals surface area contributed by atoms with Crippen LogP contribution in [-0.4, -0.2) is 52.0 Å². The second-order valence-corrected chi connectivity index (χ2v) is 3.09. The topological polar surface area (TPSA) is 147 Å². The van der Waals surface area contributed by atoms with Gasteiger partial charge in [-0.25, -0.2) is 4.79 Å². The molecule has 9 heteroatoms. The molecule has 5 N–H and O–H groups in total. The van der Waals surface area contributed by atoms with Crippen molar-refractivity contribution in [1.82, 2.24) is 0 Å². The molecule has 0 aromatic heterocycles. The molecule has 0 saturated heterocycles. The van der Waals surface area contributed by atoms with Crippen molar-refractivity contribution in [1.29, 1.82) is 0 Å². The molecule has 0 aromatic rings. The predicted octanol–water partition coefficient (Wildman–Crippen LogP) is -1.83. The molecule has 103 valence electrons. The minimum atomic E-state index is -2.66. The summed E-state index contributed by atoms with van der Waals surface area (Å²) in [5.74, 6) is -4.34. The maximum absolute atomic E-state index is 11.0. The Morgan fingerprint density at radius 1 is 1.18 bits per heavy atom. The number of nitrogens with two attached hydrogens (primary N) is 1. The Bertz CT molecular complexity index is 296. The van der Waals surface area contributed by atoms with E-state index in [-0.39, 0.29) is 35.5 Å². The number of carbonyl (C=O) groups excluding carboxylic acids is 1. The molecule has 0 fully saturated rings. The molecule has 0 spiro atoms. The van der Waals surface area contributed by atoms with Gasteiger partial charge in [-0.1, -0.05) is 0 Å². The Morgan fingerprint density at radius 3 is 2.06 bits per heavy atom. The van der Waals surface area contributed by atoms with Crippen LogP contribution in [0.4, 0.5) is 0 Å². The maximum atomic E-state index is 11.0. The first-order valence-electron chi connectivity index (χ1n) is 4.35. The first-order chi connectivity index (χ1) is 7.31. The van der Waals surface area contributed by atoms with Crippen LogP contribution in [0.3, 0.4) is 0 Å². The van der Waals surface area contributed by atoms with Crippen LogP contribution in [0.2, 0.25) is 0 Å². The van der Waals surface area contributed by atoms with Crippen LogP contribution in [0.25, 0.3) is 0 Å². The van der Waals surface area contributed by atoms with Crippen molar-refractivity contribution in [2.45, 2.75) is 18.4 Å². The van der Waals surface area contributed by atoms with Crippen LogP contribution in [0, 0.1) is 0 Å². The zero-order chi connectivity index (χ0) is 12.8. The molecular weight excluding hydrogens is 330 g/mol. The minimum absolute atomic E-state index is 0. The van der Waals surface area contributed by atoms with E-state index in [1.807, 2.05) is 0 Å². The third kappa shape index (κ3) is 7.08. The summed E-state index contributed by atoms with van der Waals surface area (Å²) in [6.07, 6.45) is -2.02. The van der Waals surface area contributed by atoms with Crippen molar-refractivity contribution < 1.29 is 56.8 Å². The van der Waals surface area contributed by atoms with Gasteiger partial charge in [-0.3, -0.25) is 9.59 Å². The Balaban J connectivity index is 0. The first kappa shape index (κ1) is 18.4. The summed E-state index contributed by atoms with van der Waals surface area (Å²) < 4.78 is 4.44. The van der Waals surface area contributed by atoms with Gasteiger partial charge in [0.2, 0.25) is 0 Å². The average molecular weight is 343 g/mol. The molecule has 0 aliphatic heterocycles. The number of hydrogen-bond donors (Lipinski definition) is 4. The Labute approximate surface area is 112 Å². The van der Waals surface area contributed by atoms with E-state index in [1.165, 1.54) is 0 Å². The summed E-state index contributed by atoms with van der Waals surface area (Å²) in [7, 11) is 0. The molecule has 0 amide bonds. The molecule has 0 aromatic carbocycles. The van der Waals surface area contributed by atoms with Crippen LogP contribution in [0.1, 0.15) is 12.8 Å². The van der Waals surface area contributed by atoms with Gasteiger partial charge in [0.05, 0.1) is 12.8 Å². The van der Waals surface area contributed by atoms with Crippen molar-refractivity contribution >= 4 is 17.9 Å². The summed E-state index contributed by atoms with van der Waals surface area (Å²) in [5, 5.41) is 26.4. The second kappa shape index (κ2) is 8.20. The fourth-order valence-corrected chi connectivity index (χ4v) is 0.926. The molecule has 1 radical (unpaired) electrons. The fraction of sp³-hybridized carbons (Fsp3) is 0.625. The van der Waals surface area contributed by atoms with Gasteiger partial charge >= 0.3 is 17.9 Å². The molecule has 0 rings (SSSR count). The summed E-state index contributed by atoms with van der Waals surface area (Å²) >= 11 is 0. The maximum Gasteiger partial charge on any atom is 0.336 e. The molecular formula is C8H13AgNO7. The van der Waals surface area contributed by atoms with Gasteiger partial charge in [0.1, 0.15) is 6.61 Å². The Hall–Kier alpha value is -0.930. The third-order valence-corrected chi connectivity index (χ3v) is 1.66. The first-order valence-corrected chi connectivity index (χ1v) is 4.35. The summed E-state index contributed by atoms with van der Waals surface area (Å²) in [6, 6.07) is 0. The fourth-order valence-electron chi connectivity index (χ4n) is 0.926. The molecule has 0 bridgehead atoms. The molecule has 0 heterocycles. The molecule has 1 atom stereocenters. The van der Waals surface area contributed by atoms with E-state index in [1.54, 1.807) is 0 Å². The standard InChI is InChI=1S/C8H13NO7.Ag/c9-1-2-16-6(12)4-8(15,7(13)14)3-5(10)11;/h15H,1-4,9H2,(H,10,11)(H,13,14);. The van der Waals surface area contributed by atoms with Crippen LogP contribution < -0.4 is 5.73 Å². The summed E-state index contributed by atoms with van der Waals surface area (Å²) in [6.45, 7) is -0.0717. The number of aliphatic carboxylic acids is 2. The largest absolute Gasteiger partial charge is 0.481 e. The third-order valence-electron chi connectivity index (χ3n) is 1.66. The number of esters is 1. The molecule has 17 heavy (non-hydrogen) atoms. The SMILES string of the molecule is NCCOC(=O)CC(O)(CC(=O)O)C(=O)O.[Ag]. The van der Waals surface area contributed by atoms with Crippen molar-refractivity contribution in [3.05, 3.63) is 0 Å². The zero-order valence-corrected chi connectivity index (χ0v) is 10.2. The van der Waals surface area contributed by atoms with Crippen LogP contribution in [0.15, 0.2) is 0 Å². The van der Waals surface area contributed by atoms with Crippen molar-refractivity contribution in [3.8, 4) is 0 Å². The van der Waals surface area contributed by atoms with E-state index in [9.17, 15) is 19.5 Å². The van der Waals surface area contributed by atoms with E-state index in [0.29, 0.717) is 0 Å². The average Bonchev–Trinajstić information content (AvgIpc) is 2.12. The second-order valence-electron chi connectivity index (χ2n) is 3.09. The van der Waals surface area contributed by atoms with E-state index in [0.717, 1.165) is 0 Å². The zero-order valence-electron chi connectivity index (χ0n) is 8.68. The molecule has 0 saturated carbocycles. The van der Waals surface area contributed by atoms with Gasteiger partial charge in [0.15, 0.2) is 5.60 Å². The number of carboxylic acids is 2. The number of hydrogen-bond acceptors (Lipinski definition) is 6. The van der Waals surface area contributed by atoms with Gasteiger partial charge in [-0.2, -0.15) is 0 Å². The normalized spacial score (nSPS) is 13.1. The minimum Gasteiger partial charge on any atom is -0.481 e. The number of aliphatic hydroxyl groups is 1. The summed E-state index contributed by atoms with van der Waals surface area (Å²) in [4.78, 5) is 31.9. The van der Waals surface area contributed by atoms with Gasteiger partial charge in [0, 0.05) is 28.9 Å². The molecule has 1 unspecified atom stereocenters. The molecule has 0 aliphatic carbocycles. The number of carboxylic acid groups (broad SMARTS) is 2.